The predicted molar refractivity (Wildman–Crippen MR) is 104 cm³/mol. The van der Waals surface area contributed by atoms with E-state index in [0.29, 0.717) is 28.6 Å². The van der Waals surface area contributed by atoms with E-state index in [9.17, 15) is 4.39 Å². The average Bonchev–Trinajstić information content (AvgIpc) is 2.66. The van der Waals surface area contributed by atoms with Gasteiger partial charge in [0.2, 0.25) is 0 Å². The van der Waals surface area contributed by atoms with E-state index >= 15 is 0 Å². The van der Waals surface area contributed by atoms with Crippen LogP contribution in [0.1, 0.15) is 42.1 Å². The Labute approximate surface area is 157 Å². The Morgan fingerprint density at radius 1 is 1.22 bits per heavy atom. The molecule has 27 heavy (non-hydrogen) atoms. The minimum Gasteiger partial charge on any atom is -0.486 e. The Kier molecular flexibility index (Phi) is 5.46. The fourth-order valence-corrected chi connectivity index (χ4v) is 2.94. The number of nitrogens with zero attached hydrogens (tertiary/aromatic N) is 2. The van der Waals surface area contributed by atoms with E-state index in [0.717, 1.165) is 23.2 Å². The van der Waals surface area contributed by atoms with Gasteiger partial charge < -0.3 is 10.1 Å². The lowest BCUT2D eigenvalue weighted by molar-refractivity contribution is 0.291. The molecule has 0 aliphatic carbocycles. The van der Waals surface area contributed by atoms with Gasteiger partial charge in [0.05, 0.1) is 17.1 Å². The zero-order chi connectivity index (χ0) is 19.4. The molecule has 0 atom stereocenters. The maximum absolute atomic E-state index is 14.6. The topological polar surface area (TPSA) is 69.8 Å². The van der Waals surface area contributed by atoms with Gasteiger partial charge in [-0.3, -0.25) is 4.98 Å². The first-order valence-corrected chi connectivity index (χ1v) is 8.82. The van der Waals surface area contributed by atoms with Crippen LogP contribution in [0.25, 0.3) is 10.9 Å². The number of rotatable bonds is 6. The molecule has 0 aliphatic heterocycles. The largest absolute Gasteiger partial charge is 0.486 e. The number of benzene rings is 2. The highest BCUT2D eigenvalue weighted by Gasteiger charge is 2.13. The van der Waals surface area contributed by atoms with Gasteiger partial charge in [-0.1, -0.05) is 25.5 Å². The summed E-state index contributed by atoms with van der Waals surface area (Å²) in [6, 6.07) is 13.8. The van der Waals surface area contributed by atoms with E-state index in [1.165, 1.54) is 6.07 Å². The first kappa shape index (κ1) is 18.5. The fraction of sp³-hybridized carbons (Fsp3) is 0.227. The number of aryl methyl sites for hydroxylation is 1. The van der Waals surface area contributed by atoms with Crippen molar-refractivity contribution in [3.63, 3.8) is 0 Å². The standard InChI is InChI=1S/C22H20FN3O/c1-3-4-20(25)17-9-14(2)26-21-11-22(19(23)10-18(17)21)27-13-16-7-5-15(12-24)6-8-16/h5-11,25H,3-4,13H2,1-2H3. The van der Waals surface area contributed by atoms with Crippen molar-refractivity contribution in [1.82, 2.24) is 4.98 Å². The second-order valence-electron chi connectivity index (χ2n) is 6.44. The van der Waals surface area contributed by atoms with Crippen LogP contribution in [0, 0.1) is 29.5 Å². The van der Waals surface area contributed by atoms with Crippen molar-refractivity contribution in [1.29, 1.82) is 10.7 Å². The highest BCUT2D eigenvalue weighted by Crippen LogP contribution is 2.28. The summed E-state index contributed by atoms with van der Waals surface area (Å²) in [7, 11) is 0. The smallest absolute Gasteiger partial charge is 0.165 e. The molecule has 1 heterocycles. The Balaban J connectivity index is 1.91. The van der Waals surface area contributed by atoms with Gasteiger partial charge in [0, 0.05) is 28.4 Å². The minimum atomic E-state index is -0.479. The highest BCUT2D eigenvalue weighted by atomic mass is 19.1. The molecule has 2 aromatic carbocycles. The van der Waals surface area contributed by atoms with Gasteiger partial charge >= 0.3 is 0 Å². The van der Waals surface area contributed by atoms with Crippen LogP contribution in [0.2, 0.25) is 0 Å². The Hall–Kier alpha value is -3.26. The monoisotopic (exact) mass is 361 g/mol. The van der Waals surface area contributed by atoms with E-state index in [-0.39, 0.29) is 12.4 Å². The summed E-state index contributed by atoms with van der Waals surface area (Å²) < 4.78 is 20.2. The van der Waals surface area contributed by atoms with E-state index in [1.54, 1.807) is 30.3 Å². The van der Waals surface area contributed by atoms with Crippen molar-refractivity contribution in [2.24, 2.45) is 0 Å². The summed E-state index contributed by atoms with van der Waals surface area (Å²) in [6.45, 7) is 4.07. The molecule has 0 saturated carbocycles. The molecule has 0 saturated heterocycles. The quantitative estimate of drug-likeness (QED) is 0.606. The Bertz CT molecular complexity index is 1040. The normalized spacial score (nSPS) is 10.6. The third-order valence-electron chi connectivity index (χ3n) is 4.29. The van der Waals surface area contributed by atoms with Crippen LogP contribution in [0.5, 0.6) is 5.75 Å². The highest BCUT2D eigenvalue weighted by molar-refractivity contribution is 6.08. The van der Waals surface area contributed by atoms with Gasteiger partial charge in [-0.15, -0.1) is 0 Å². The number of hydrogen-bond acceptors (Lipinski definition) is 4. The average molecular weight is 361 g/mol. The SMILES string of the molecule is CCCC(=N)c1cc(C)nc2cc(OCc3ccc(C#N)cc3)c(F)cc12. The van der Waals surface area contributed by atoms with Crippen molar-refractivity contribution >= 4 is 16.6 Å². The molecular formula is C22H20FN3O. The van der Waals surface area contributed by atoms with Gasteiger partial charge in [0.15, 0.2) is 11.6 Å². The molecule has 3 aromatic rings. The zero-order valence-corrected chi connectivity index (χ0v) is 15.3. The van der Waals surface area contributed by atoms with Crippen LogP contribution < -0.4 is 4.74 Å². The number of nitriles is 1. The van der Waals surface area contributed by atoms with Crippen molar-refractivity contribution < 1.29 is 9.13 Å². The van der Waals surface area contributed by atoms with Crippen LogP contribution in [-0.2, 0) is 6.61 Å². The zero-order valence-electron chi connectivity index (χ0n) is 15.3. The van der Waals surface area contributed by atoms with E-state index in [1.807, 2.05) is 19.9 Å². The van der Waals surface area contributed by atoms with Crippen molar-refractivity contribution in [2.45, 2.75) is 33.3 Å². The molecule has 136 valence electrons. The summed E-state index contributed by atoms with van der Waals surface area (Å²) >= 11 is 0. The number of aromatic nitrogens is 1. The lowest BCUT2D eigenvalue weighted by atomic mass is 10.0. The Morgan fingerprint density at radius 2 is 1.96 bits per heavy atom. The van der Waals surface area contributed by atoms with Crippen LogP contribution in [0.4, 0.5) is 4.39 Å². The molecule has 1 aromatic heterocycles. The first-order valence-electron chi connectivity index (χ1n) is 8.82. The number of hydrogen-bond donors (Lipinski definition) is 1. The molecule has 0 amide bonds. The third-order valence-corrected chi connectivity index (χ3v) is 4.29. The van der Waals surface area contributed by atoms with Gasteiger partial charge in [0.25, 0.3) is 0 Å². The molecule has 3 rings (SSSR count). The van der Waals surface area contributed by atoms with E-state index in [2.05, 4.69) is 11.1 Å². The van der Waals surface area contributed by atoms with E-state index < -0.39 is 5.82 Å². The van der Waals surface area contributed by atoms with Crippen LogP contribution in [-0.4, -0.2) is 10.7 Å². The molecule has 0 aliphatic rings. The van der Waals surface area contributed by atoms with Crippen LogP contribution in [0.15, 0.2) is 42.5 Å². The lowest BCUT2D eigenvalue weighted by Crippen LogP contribution is -2.03. The van der Waals surface area contributed by atoms with E-state index in [4.69, 9.17) is 15.4 Å². The minimum absolute atomic E-state index is 0.123. The van der Waals surface area contributed by atoms with Gasteiger partial charge in [-0.05, 0) is 43.2 Å². The summed E-state index contributed by atoms with van der Waals surface area (Å²) in [5.74, 6) is -0.356. The second kappa shape index (κ2) is 7.96. The van der Waals surface area contributed by atoms with Gasteiger partial charge in [-0.2, -0.15) is 5.26 Å². The second-order valence-corrected chi connectivity index (χ2v) is 6.44. The molecule has 0 spiro atoms. The summed E-state index contributed by atoms with van der Waals surface area (Å²) in [4.78, 5) is 4.48. The maximum atomic E-state index is 14.6. The number of nitrogens with one attached hydrogen (secondary N) is 1. The number of pyridine rings is 1. The predicted octanol–water partition coefficient (Wildman–Crippen LogP) is 5.30. The molecule has 1 N–H and O–H groups in total. The lowest BCUT2D eigenvalue weighted by Gasteiger charge is -2.12. The maximum Gasteiger partial charge on any atom is 0.165 e. The Morgan fingerprint density at radius 3 is 2.63 bits per heavy atom. The summed E-state index contributed by atoms with van der Waals surface area (Å²) in [5, 5.41) is 17.7. The summed E-state index contributed by atoms with van der Waals surface area (Å²) in [6.07, 6.45) is 1.49. The molecule has 0 unspecified atom stereocenters. The number of ether oxygens (including phenoxy) is 1. The van der Waals surface area contributed by atoms with Crippen LogP contribution in [0.3, 0.4) is 0 Å². The summed E-state index contributed by atoms with van der Waals surface area (Å²) in [5.41, 5.74) is 4.01. The van der Waals surface area contributed by atoms with Crippen molar-refractivity contribution in [2.75, 3.05) is 0 Å². The van der Waals surface area contributed by atoms with Gasteiger partial charge in [-0.25, -0.2) is 4.39 Å². The molecule has 5 heteroatoms. The molecule has 0 fully saturated rings. The third kappa shape index (κ3) is 4.12. The molecule has 0 bridgehead atoms. The molecule has 4 nitrogen and oxygen atoms in total. The first-order chi connectivity index (χ1) is 13.0. The van der Waals surface area contributed by atoms with Crippen molar-refractivity contribution in [3.05, 3.63) is 70.7 Å². The number of halogens is 1. The number of fused-ring (bicyclic) bond motifs is 1. The fourth-order valence-electron chi connectivity index (χ4n) is 2.94. The van der Waals surface area contributed by atoms with Crippen LogP contribution >= 0.6 is 0 Å². The van der Waals surface area contributed by atoms with Crippen molar-refractivity contribution in [3.8, 4) is 11.8 Å². The molecule has 0 radical (unpaired) electrons. The molecular weight excluding hydrogens is 341 g/mol. The van der Waals surface area contributed by atoms with Gasteiger partial charge in [0.1, 0.15) is 6.61 Å².